The minimum absolute atomic E-state index is 0.114. The molecule has 5 nitrogen and oxygen atoms in total. The molecule has 1 aromatic carbocycles. The molecule has 1 aliphatic rings. The quantitative estimate of drug-likeness (QED) is 0.827. The van der Waals surface area contributed by atoms with E-state index in [1.54, 1.807) is 18.3 Å². The topological polar surface area (TPSA) is 69.0 Å². The van der Waals surface area contributed by atoms with Gasteiger partial charge in [-0.05, 0) is 55.0 Å². The van der Waals surface area contributed by atoms with Crippen molar-refractivity contribution < 1.29 is 13.6 Å². The van der Waals surface area contributed by atoms with Crippen LogP contribution in [0.5, 0.6) is 0 Å². The van der Waals surface area contributed by atoms with E-state index in [0.717, 1.165) is 44.5 Å². The van der Waals surface area contributed by atoms with E-state index in [1.807, 2.05) is 0 Å². The zero-order valence-electron chi connectivity index (χ0n) is 15.5. The van der Waals surface area contributed by atoms with Crippen LogP contribution >= 0.6 is 0 Å². The van der Waals surface area contributed by atoms with E-state index in [2.05, 4.69) is 21.3 Å². The van der Waals surface area contributed by atoms with Gasteiger partial charge in [-0.1, -0.05) is 6.07 Å². The van der Waals surface area contributed by atoms with Gasteiger partial charge in [0.2, 0.25) is 5.91 Å². The molecule has 1 aliphatic heterocycles. The standard InChI is InChI=1S/C21H22F2N4O/c22-18-7-5-16(11-19(18)23)13-26-20(28)8-6-15-3-2-10-27(14-15)21-17(12-24)4-1-9-25-21/h1,4-5,7,9,11,15H,2-3,6,8,10,13-14H2,(H,26,28). The van der Waals surface area contributed by atoms with Crippen LogP contribution in [0.2, 0.25) is 0 Å². The van der Waals surface area contributed by atoms with Crippen molar-refractivity contribution in [3.05, 3.63) is 59.3 Å². The summed E-state index contributed by atoms with van der Waals surface area (Å²) < 4.78 is 26.1. The number of pyridine rings is 1. The fraction of sp³-hybridized carbons (Fsp3) is 0.381. The first-order valence-electron chi connectivity index (χ1n) is 9.37. The molecule has 1 aromatic heterocycles. The number of nitriles is 1. The summed E-state index contributed by atoms with van der Waals surface area (Å²) >= 11 is 0. The SMILES string of the molecule is N#Cc1cccnc1N1CCCC(CCC(=O)NCc2ccc(F)c(F)c2)C1. The summed E-state index contributed by atoms with van der Waals surface area (Å²) in [7, 11) is 0. The summed E-state index contributed by atoms with van der Waals surface area (Å²) in [4.78, 5) is 18.6. The second-order valence-electron chi connectivity index (χ2n) is 7.00. The van der Waals surface area contributed by atoms with Gasteiger partial charge in [-0.25, -0.2) is 13.8 Å². The molecule has 7 heteroatoms. The van der Waals surface area contributed by atoms with E-state index >= 15 is 0 Å². The number of nitrogens with one attached hydrogen (secondary N) is 1. The third-order valence-electron chi connectivity index (χ3n) is 4.98. The number of benzene rings is 1. The number of hydrogen-bond acceptors (Lipinski definition) is 4. The molecule has 2 aromatic rings. The molecule has 3 rings (SSSR count). The molecular formula is C21H22F2N4O. The van der Waals surface area contributed by atoms with E-state index in [0.29, 0.717) is 29.3 Å². The maximum Gasteiger partial charge on any atom is 0.220 e. The lowest BCUT2D eigenvalue weighted by molar-refractivity contribution is -0.121. The van der Waals surface area contributed by atoms with Crippen LogP contribution in [0.15, 0.2) is 36.5 Å². The Balaban J connectivity index is 1.48. The predicted octanol–water partition coefficient (Wildman–Crippen LogP) is 3.54. The van der Waals surface area contributed by atoms with Gasteiger partial charge in [0, 0.05) is 32.3 Å². The lowest BCUT2D eigenvalue weighted by atomic mass is 9.93. The van der Waals surface area contributed by atoms with E-state index in [1.165, 1.54) is 6.07 Å². The molecule has 28 heavy (non-hydrogen) atoms. The highest BCUT2D eigenvalue weighted by Crippen LogP contribution is 2.26. The van der Waals surface area contributed by atoms with Crippen LogP contribution < -0.4 is 10.2 Å². The fourth-order valence-electron chi connectivity index (χ4n) is 3.50. The molecule has 0 radical (unpaired) electrons. The number of carbonyl (C=O) groups excluding carboxylic acids is 1. The monoisotopic (exact) mass is 384 g/mol. The first-order chi connectivity index (χ1) is 13.6. The Morgan fingerprint density at radius 3 is 2.96 bits per heavy atom. The highest BCUT2D eigenvalue weighted by molar-refractivity contribution is 5.75. The van der Waals surface area contributed by atoms with Gasteiger partial charge >= 0.3 is 0 Å². The summed E-state index contributed by atoms with van der Waals surface area (Å²) in [5.74, 6) is -0.879. The Morgan fingerprint density at radius 2 is 2.18 bits per heavy atom. The Hall–Kier alpha value is -3.01. The highest BCUT2D eigenvalue weighted by Gasteiger charge is 2.23. The van der Waals surface area contributed by atoms with E-state index in [9.17, 15) is 18.8 Å². The van der Waals surface area contributed by atoms with Gasteiger partial charge in [0.05, 0.1) is 5.56 Å². The van der Waals surface area contributed by atoms with Crippen LogP contribution in [-0.2, 0) is 11.3 Å². The van der Waals surface area contributed by atoms with Crippen LogP contribution in [0.3, 0.4) is 0 Å². The molecule has 1 atom stereocenters. The van der Waals surface area contributed by atoms with Gasteiger partial charge in [0.15, 0.2) is 11.6 Å². The normalized spacial score (nSPS) is 16.5. The van der Waals surface area contributed by atoms with Gasteiger partial charge in [-0.3, -0.25) is 4.79 Å². The van der Waals surface area contributed by atoms with Gasteiger partial charge in [0.25, 0.3) is 0 Å². The van der Waals surface area contributed by atoms with Crippen LogP contribution in [0, 0.1) is 28.9 Å². The largest absolute Gasteiger partial charge is 0.355 e. The number of rotatable bonds is 6. The van der Waals surface area contributed by atoms with Crippen LogP contribution in [-0.4, -0.2) is 24.0 Å². The van der Waals surface area contributed by atoms with Crippen LogP contribution in [0.1, 0.15) is 36.8 Å². The lowest BCUT2D eigenvalue weighted by Gasteiger charge is -2.34. The maximum absolute atomic E-state index is 13.2. The van der Waals surface area contributed by atoms with Gasteiger partial charge in [-0.15, -0.1) is 0 Å². The zero-order chi connectivity index (χ0) is 19.9. The number of carbonyl (C=O) groups is 1. The smallest absolute Gasteiger partial charge is 0.220 e. The van der Waals surface area contributed by atoms with Crippen molar-refractivity contribution in [2.75, 3.05) is 18.0 Å². The second-order valence-corrected chi connectivity index (χ2v) is 7.00. The van der Waals surface area contributed by atoms with Crippen LogP contribution in [0.4, 0.5) is 14.6 Å². The number of piperidine rings is 1. The summed E-state index contributed by atoms with van der Waals surface area (Å²) in [6.45, 7) is 1.79. The summed E-state index contributed by atoms with van der Waals surface area (Å²) in [5.41, 5.74) is 1.09. The third kappa shape index (κ3) is 5.03. The molecule has 1 unspecified atom stereocenters. The van der Waals surface area contributed by atoms with Crippen molar-refractivity contribution >= 4 is 11.7 Å². The number of anilines is 1. The number of nitrogens with zero attached hydrogens (tertiary/aromatic N) is 3. The Labute approximate surface area is 163 Å². The second kappa shape index (κ2) is 9.27. The molecule has 2 heterocycles. The summed E-state index contributed by atoms with van der Waals surface area (Å²) in [5, 5.41) is 12.0. The number of aromatic nitrogens is 1. The van der Waals surface area contributed by atoms with E-state index in [4.69, 9.17) is 0 Å². The Bertz CT molecular complexity index is 881. The maximum atomic E-state index is 13.2. The third-order valence-corrected chi connectivity index (χ3v) is 4.98. The van der Waals surface area contributed by atoms with E-state index in [-0.39, 0.29) is 12.5 Å². The van der Waals surface area contributed by atoms with Crippen LogP contribution in [0.25, 0.3) is 0 Å². The summed E-state index contributed by atoms with van der Waals surface area (Å²) in [6, 6.07) is 9.29. The first kappa shape index (κ1) is 19.7. The fourth-order valence-corrected chi connectivity index (χ4v) is 3.50. The minimum Gasteiger partial charge on any atom is -0.355 e. The van der Waals surface area contributed by atoms with Gasteiger partial charge in [-0.2, -0.15) is 5.26 Å². The van der Waals surface area contributed by atoms with Gasteiger partial charge < -0.3 is 10.2 Å². The Kier molecular flexibility index (Phi) is 6.53. The van der Waals surface area contributed by atoms with Crippen molar-refractivity contribution in [2.24, 2.45) is 5.92 Å². The molecule has 146 valence electrons. The molecular weight excluding hydrogens is 362 g/mol. The first-order valence-corrected chi connectivity index (χ1v) is 9.37. The summed E-state index contributed by atoms with van der Waals surface area (Å²) in [6.07, 6.45) is 4.81. The molecule has 1 amide bonds. The van der Waals surface area contributed by atoms with Gasteiger partial charge in [0.1, 0.15) is 11.9 Å². The predicted molar refractivity (Wildman–Crippen MR) is 101 cm³/mol. The highest BCUT2D eigenvalue weighted by atomic mass is 19.2. The molecule has 0 saturated carbocycles. The minimum atomic E-state index is -0.916. The molecule has 1 fully saturated rings. The molecule has 1 N–H and O–H groups in total. The van der Waals surface area contributed by atoms with Crippen molar-refractivity contribution in [3.63, 3.8) is 0 Å². The molecule has 1 saturated heterocycles. The van der Waals surface area contributed by atoms with Crippen molar-refractivity contribution in [1.82, 2.24) is 10.3 Å². The number of halogens is 2. The van der Waals surface area contributed by atoms with E-state index < -0.39 is 11.6 Å². The van der Waals surface area contributed by atoms with Crippen molar-refractivity contribution in [2.45, 2.75) is 32.2 Å². The number of amides is 1. The average Bonchev–Trinajstić information content (AvgIpc) is 2.73. The zero-order valence-corrected chi connectivity index (χ0v) is 15.5. The lowest BCUT2D eigenvalue weighted by Crippen LogP contribution is -2.37. The molecule has 0 spiro atoms. The van der Waals surface area contributed by atoms with Crippen molar-refractivity contribution in [1.29, 1.82) is 5.26 Å². The Morgan fingerprint density at radius 1 is 1.32 bits per heavy atom. The van der Waals surface area contributed by atoms with Crippen molar-refractivity contribution in [3.8, 4) is 6.07 Å². The average molecular weight is 384 g/mol. The number of hydrogen-bond donors (Lipinski definition) is 1. The molecule has 0 bridgehead atoms. The molecule has 0 aliphatic carbocycles.